The van der Waals surface area contributed by atoms with Crippen molar-refractivity contribution in [1.82, 2.24) is 0 Å². The topological polar surface area (TPSA) is 43.4 Å². The molecule has 0 saturated carbocycles. The van der Waals surface area contributed by atoms with Gasteiger partial charge >= 0.3 is 0 Å². The Balaban J connectivity index is 2.61. The summed E-state index contributed by atoms with van der Waals surface area (Å²) in [7, 11) is 0. The predicted molar refractivity (Wildman–Crippen MR) is 43.7 cm³/mol. The predicted octanol–water partition coefficient (Wildman–Crippen LogP) is 0.656. The minimum atomic E-state index is -0.602. The summed E-state index contributed by atoms with van der Waals surface area (Å²) in [5, 5.41) is 0. The van der Waals surface area contributed by atoms with Gasteiger partial charge in [0.1, 0.15) is 18.5 Å². The Morgan fingerprint density at radius 2 is 2.08 bits per heavy atom. The molecule has 0 bridgehead atoms. The minimum absolute atomic E-state index is 0.0410. The summed E-state index contributed by atoms with van der Waals surface area (Å²) in [6, 6.07) is 0. The van der Waals surface area contributed by atoms with Crippen LogP contribution in [0.2, 0.25) is 0 Å². The number of carbonyl (C=O) groups excluding carboxylic acids is 2. The zero-order chi connectivity index (χ0) is 9.03. The van der Waals surface area contributed by atoms with E-state index >= 15 is 0 Å². The number of hydrogen-bond donors (Lipinski definition) is 0. The van der Waals surface area contributed by atoms with Crippen molar-refractivity contribution < 1.29 is 14.3 Å². The number of ketones is 1. The van der Waals surface area contributed by atoms with E-state index in [1.807, 2.05) is 0 Å². The third-order valence-electron chi connectivity index (χ3n) is 1.62. The van der Waals surface area contributed by atoms with E-state index < -0.39 is 5.60 Å². The first kappa shape index (κ1) is 8.87. The molecule has 1 aliphatic carbocycles. The van der Waals surface area contributed by atoms with Crippen molar-refractivity contribution >= 4 is 12.1 Å². The summed E-state index contributed by atoms with van der Waals surface area (Å²) in [5.74, 6) is -0.0535. The molecule has 12 heavy (non-hydrogen) atoms. The fourth-order valence-electron chi connectivity index (χ4n) is 0.916. The summed E-state index contributed by atoms with van der Waals surface area (Å²) >= 11 is 0. The molecule has 3 heteroatoms. The first-order valence-electron chi connectivity index (χ1n) is 3.66. The van der Waals surface area contributed by atoms with Crippen LogP contribution in [0.5, 0.6) is 0 Å². The normalized spacial score (nSPS) is 19.6. The van der Waals surface area contributed by atoms with Gasteiger partial charge in [-0.2, -0.15) is 0 Å². The number of carbonyl (C=O) groups is 2. The maximum absolute atomic E-state index is 10.7. The third kappa shape index (κ3) is 2.13. The molecule has 0 saturated heterocycles. The number of hydrogen-bond acceptors (Lipinski definition) is 3. The van der Waals surface area contributed by atoms with Crippen molar-refractivity contribution in [3.05, 3.63) is 24.3 Å². The molecular weight excluding hydrogens is 156 g/mol. The molecule has 0 aromatic heterocycles. The Kier molecular flexibility index (Phi) is 2.55. The summed E-state index contributed by atoms with van der Waals surface area (Å²) in [6.45, 7) is 1.83. The van der Waals surface area contributed by atoms with E-state index in [0.717, 1.165) is 0 Å². The number of ether oxygens (including phenoxy) is 1. The maximum atomic E-state index is 10.7. The lowest BCUT2D eigenvalue weighted by Crippen LogP contribution is -2.26. The van der Waals surface area contributed by atoms with Crippen LogP contribution in [0.4, 0.5) is 0 Å². The van der Waals surface area contributed by atoms with Crippen LogP contribution in [0.3, 0.4) is 0 Å². The van der Waals surface area contributed by atoms with Crippen LogP contribution in [0, 0.1) is 0 Å². The first-order valence-corrected chi connectivity index (χ1v) is 3.66. The Morgan fingerprint density at radius 1 is 1.50 bits per heavy atom. The van der Waals surface area contributed by atoms with Gasteiger partial charge in [0.25, 0.3) is 0 Å². The van der Waals surface area contributed by atoms with Gasteiger partial charge < -0.3 is 9.53 Å². The highest BCUT2D eigenvalue weighted by Crippen LogP contribution is 2.17. The van der Waals surface area contributed by atoms with Crippen LogP contribution in [-0.2, 0) is 14.3 Å². The lowest BCUT2D eigenvalue weighted by atomic mass is 10.00. The highest BCUT2D eigenvalue weighted by atomic mass is 16.5. The van der Waals surface area contributed by atoms with Crippen molar-refractivity contribution in [3.63, 3.8) is 0 Å². The zero-order valence-corrected chi connectivity index (χ0v) is 6.82. The van der Waals surface area contributed by atoms with Crippen molar-refractivity contribution in [1.29, 1.82) is 0 Å². The SMILES string of the molecule is CC1(OCC=O)C=CC(=O)C=C1. The molecule has 0 N–H and O–H groups in total. The van der Waals surface area contributed by atoms with Gasteiger partial charge in [0.05, 0.1) is 0 Å². The maximum Gasteiger partial charge on any atom is 0.178 e. The Bertz CT molecular complexity index is 234. The van der Waals surface area contributed by atoms with Gasteiger partial charge in [-0.3, -0.25) is 4.79 Å². The van der Waals surface area contributed by atoms with Crippen LogP contribution in [-0.4, -0.2) is 24.3 Å². The Labute approximate surface area is 70.7 Å². The molecular formula is C9H10O3. The summed E-state index contributed by atoms with van der Waals surface area (Å²) in [6.07, 6.45) is 6.83. The van der Waals surface area contributed by atoms with Crippen molar-refractivity contribution in [3.8, 4) is 0 Å². The number of aldehydes is 1. The van der Waals surface area contributed by atoms with Gasteiger partial charge in [0, 0.05) is 0 Å². The lowest BCUT2D eigenvalue weighted by molar-refractivity contribution is -0.114. The van der Waals surface area contributed by atoms with Crippen LogP contribution in [0.15, 0.2) is 24.3 Å². The zero-order valence-electron chi connectivity index (χ0n) is 6.82. The molecule has 0 aromatic rings. The largest absolute Gasteiger partial charge is 0.360 e. The fraction of sp³-hybridized carbons (Fsp3) is 0.333. The van der Waals surface area contributed by atoms with E-state index in [-0.39, 0.29) is 12.4 Å². The molecule has 0 fully saturated rings. The monoisotopic (exact) mass is 166 g/mol. The molecule has 0 amide bonds. The van der Waals surface area contributed by atoms with Gasteiger partial charge in [0.2, 0.25) is 0 Å². The summed E-state index contributed by atoms with van der Waals surface area (Å²) in [4.78, 5) is 20.7. The lowest BCUT2D eigenvalue weighted by Gasteiger charge is -2.22. The highest BCUT2D eigenvalue weighted by molar-refractivity contribution is 6.00. The van der Waals surface area contributed by atoms with Crippen LogP contribution in [0.25, 0.3) is 0 Å². The van der Waals surface area contributed by atoms with E-state index in [0.29, 0.717) is 6.29 Å². The van der Waals surface area contributed by atoms with Gasteiger partial charge in [0.15, 0.2) is 5.78 Å². The van der Waals surface area contributed by atoms with Crippen molar-refractivity contribution in [2.45, 2.75) is 12.5 Å². The average molecular weight is 166 g/mol. The molecule has 3 nitrogen and oxygen atoms in total. The van der Waals surface area contributed by atoms with Crippen LogP contribution in [0.1, 0.15) is 6.92 Å². The van der Waals surface area contributed by atoms with Crippen LogP contribution < -0.4 is 0 Å². The van der Waals surface area contributed by atoms with E-state index in [4.69, 9.17) is 4.74 Å². The first-order chi connectivity index (χ1) is 5.66. The van der Waals surface area contributed by atoms with E-state index in [2.05, 4.69) is 0 Å². The molecule has 0 heterocycles. The molecule has 1 aliphatic rings. The molecule has 0 spiro atoms. The molecule has 0 unspecified atom stereocenters. The third-order valence-corrected chi connectivity index (χ3v) is 1.62. The van der Waals surface area contributed by atoms with E-state index in [9.17, 15) is 9.59 Å². The van der Waals surface area contributed by atoms with Gasteiger partial charge in [-0.25, -0.2) is 0 Å². The van der Waals surface area contributed by atoms with Crippen molar-refractivity contribution in [2.75, 3.05) is 6.61 Å². The number of allylic oxidation sites excluding steroid dienone is 2. The quantitative estimate of drug-likeness (QED) is 0.578. The average Bonchev–Trinajstić information content (AvgIpc) is 2.08. The van der Waals surface area contributed by atoms with E-state index in [1.54, 1.807) is 19.1 Å². The Morgan fingerprint density at radius 3 is 2.58 bits per heavy atom. The van der Waals surface area contributed by atoms with Crippen molar-refractivity contribution in [2.24, 2.45) is 0 Å². The summed E-state index contributed by atoms with van der Waals surface area (Å²) < 4.78 is 5.17. The second-order valence-corrected chi connectivity index (χ2v) is 2.73. The fourth-order valence-corrected chi connectivity index (χ4v) is 0.916. The number of rotatable bonds is 3. The van der Waals surface area contributed by atoms with Gasteiger partial charge in [-0.1, -0.05) is 0 Å². The molecule has 64 valence electrons. The van der Waals surface area contributed by atoms with Gasteiger partial charge in [-0.15, -0.1) is 0 Å². The standard InChI is InChI=1S/C9H10O3/c1-9(12-7-6-10)4-2-8(11)3-5-9/h2-6H,7H2,1H3. The Hall–Kier alpha value is -1.22. The van der Waals surface area contributed by atoms with E-state index in [1.165, 1.54) is 12.2 Å². The summed E-state index contributed by atoms with van der Waals surface area (Å²) in [5.41, 5.74) is -0.602. The molecule has 0 radical (unpaired) electrons. The van der Waals surface area contributed by atoms with Gasteiger partial charge in [-0.05, 0) is 31.2 Å². The molecule has 1 rings (SSSR count). The molecule has 0 atom stereocenters. The second kappa shape index (κ2) is 3.45. The second-order valence-electron chi connectivity index (χ2n) is 2.73. The highest BCUT2D eigenvalue weighted by Gasteiger charge is 2.20. The smallest absolute Gasteiger partial charge is 0.178 e. The van der Waals surface area contributed by atoms with Crippen LogP contribution >= 0.6 is 0 Å². The molecule has 0 aromatic carbocycles. The minimum Gasteiger partial charge on any atom is -0.360 e. The molecule has 0 aliphatic heterocycles.